The first-order valence-electron chi connectivity index (χ1n) is 28.7. The van der Waals surface area contributed by atoms with Gasteiger partial charge in [0.25, 0.3) is 29.5 Å². The number of benzene rings is 4. The summed E-state index contributed by atoms with van der Waals surface area (Å²) in [6, 6.07) is 27.5. The first-order valence-corrected chi connectivity index (χ1v) is 30.3. The normalized spacial score (nSPS) is 21.1. The van der Waals surface area contributed by atoms with Crippen LogP contribution in [0.4, 0.5) is 5.69 Å². The summed E-state index contributed by atoms with van der Waals surface area (Å²) >= 11 is 6.31. The van der Waals surface area contributed by atoms with Gasteiger partial charge in [-0.05, 0) is 150 Å². The third-order valence-electron chi connectivity index (χ3n) is 16.1. The van der Waals surface area contributed by atoms with E-state index in [0.29, 0.717) is 77.6 Å². The van der Waals surface area contributed by atoms with Crippen molar-refractivity contribution in [3.8, 4) is 23.2 Å². The third kappa shape index (κ3) is 13.7. The summed E-state index contributed by atoms with van der Waals surface area (Å²) in [5.74, 6) is 5.00. The van der Waals surface area contributed by atoms with Crippen LogP contribution in [0.2, 0.25) is 5.02 Å². The van der Waals surface area contributed by atoms with Crippen LogP contribution in [0, 0.1) is 17.8 Å². The van der Waals surface area contributed by atoms with E-state index in [1.54, 1.807) is 71.6 Å². The van der Waals surface area contributed by atoms with E-state index >= 15 is 0 Å². The Labute approximate surface area is 491 Å². The van der Waals surface area contributed by atoms with Gasteiger partial charge in [0.15, 0.2) is 11.5 Å². The molecule has 20 heteroatoms. The highest BCUT2D eigenvalue weighted by atomic mass is 35.5. The van der Waals surface area contributed by atoms with Crippen molar-refractivity contribution < 1.29 is 42.3 Å². The lowest BCUT2D eigenvalue weighted by Crippen LogP contribution is -2.54. The van der Waals surface area contributed by atoms with Crippen LogP contribution in [-0.4, -0.2) is 152 Å². The van der Waals surface area contributed by atoms with Gasteiger partial charge < -0.3 is 29.9 Å². The molecule has 434 valence electrons. The Hall–Kier alpha value is -7.76. The average molecular weight is 1160 g/mol. The van der Waals surface area contributed by atoms with Crippen LogP contribution in [-0.2, 0) is 20.6 Å². The van der Waals surface area contributed by atoms with Gasteiger partial charge >= 0.3 is 0 Å². The molecular weight excluding hydrogens is 1090 g/mol. The highest BCUT2D eigenvalue weighted by Gasteiger charge is 2.47. The molecule has 0 radical (unpaired) electrons. The number of imide groups is 2. The van der Waals surface area contributed by atoms with Crippen molar-refractivity contribution in [2.75, 3.05) is 63.0 Å². The fourth-order valence-corrected chi connectivity index (χ4v) is 14.1. The number of anilines is 1. The molecule has 11 rings (SSSR count). The molecule has 5 atom stereocenters. The fourth-order valence-electron chi connectivity index (χ4n) is 11.9. The number of nitrogens with one attached hydrogen (secondary N) is 3. The van der Waals surface area contributed by atoms with Gasteiger partial charge in [0.05, 0.1) is 32.8 Å². The van der Waals surface area contributed by atoms with E-state index in [1.807, 2.05) is 49.1 Å². The van der Waals surface area contributed by atoms with Crippen molar-refractivity contribution in [2.24, 2.45) is 5.92 Å². The zero-order chi connectivity index (χ0) is 58.7. The number of piperidine rings is 3. The van der Waals surface area contributed by atoms with Crippen LogP contribution in [0.25, 0.3) is 11.3 Å². The number of halogens is 1. The Kier molecular flexibility index (Phi) is 19.9. The number of rotatable bonds is 14. The highest BCUT2D eigenvalue weighted by Crippen LogP contribution is 2.39. The molecule has 5 aromatic rings. The zero-order valence-electron chi connectivity index (χ0n) is 46.9. The molecule has 1 aromatic heterocycles. The van der Waals surface area contributed by atoms with E-state index in [1.165, 1.54) is 0 Å². The van der Waals surface area contributed by atoms with E-state index in [-0.39, 0.29) is 65.5 Å². The summed E-state index contributed by atoms with van der Waals surface area (Å²) in [5.41, 5.74) is 4.44. The summed E-state index contributed by atoms with van der Waals surface area (Å²) in [6.45, 7) is 14.9. The van der Waals surface area contributed by atoms with Crippen LogP contribution in [0.1, 0.15) is 135 Å². The van der Waals surface area contributed by atoms with E-state index in [4.69, 9.17) is 16.1 Å². The molecule has 0 aliphatic carbocycles. The molecule has 6 aliphatic rings. The molecule has 5 saturated heterocycles. The van der Waals surface area contributed by atoms with Gasteiger partial charge in [0.1, 0.15) is 6.04 Å². The summed E-state index contributed by atoms with van der Waals surface area (Å²) in [7, 11) is -1.08. The van der Waals surface area contributed by atoms with Crippen LogP contribution < -0.4 is 20.9 Å². The maximum atomic E-state index is 13.8. The van der Waals surface area contributed by atoms with Crippen LogP contribution in [0.15, 0.2) is 115 Å². The molecule has 3 N–H and O–H groups in total. The molecule has 0 saturated carbocycles. The molecule has 7 amide bonds. The second-order valence-corrected chi connectivity index (χ2v) is 23.0. The Morgan fingerprint density at radius 3 is 2.05 bits per heavy atom. The second kappa shape index (κ2) is 27.5. The first kappa shape index (κ1) is 59.8. The summed E-state index contributed by atoms with van der Waals surface area (Å²) < 4.78 is 21.5. The van der Waals surface area contributed by atoms with Crippen molar-refractivity contribution in [3.63, 3.8) is 0 Å². The Balaban J connectivity index is 0.00000203. The summed E-state index contributed by atoms with van der Waals surface area (Å²) in [5, 5.41) is 12.9. The van der Waals surface area contributed by atoms with Gasteiger partial charge in [-0.25, -0.2) is 8.51 Å². The van der Waals surface area contributed by atoms with E-state index in [2.05, 4.69) is 55.3 Å². The number of carbonyl (C=O) groups is 7. The standard InChI is InChI=1S/C59H60ClN9O9S.C2H6.C2H4/c60-47-7-2-1-5-45(47)51-35-48(64-78-51)55(72)62-42-33-43-19-20-44(34-42)69(43)79(77)36-39-23-27-65(28-24-39)26-4-25-61-54(71)40-15-11-37(12-16-40)9-10-38-13-17-41(18-14-38)57(74)67-31-29-66(30-32-67)49-8-3-6-46-53(49)59(76)68(58(46)75)50-21-22-52(70)63-56(50)73;2*1-2/h1-3,5-8,11-18,35,39,42-44,50H,4,19-34,36H2,(H,61,71)(H,62,72)(H,63,70,73);1-2H3;1-2H2/t42?,43-,44?,50?,79?;;/m1../s1. The van der Waals surface area contributed by atoms with Crippen molar-refractivity contribution in [1.29, 1.82) is 0 Å². The predicted octanol–water partition coefficient (Wildman–Crippen LogP) is 7.51. The number of likely N-dealkylation sites (tertiary alicyclic amines) is 1. The van der Waals surface area contributed by atoms with E-state index in [9.17, 15) is 37.8 Å². The molecule has 4 aromatic carbocycles. The Bertz CT molecular complexity index is 3290. The van der Waals surface area contributed by atoms with Crippen LogP contribution in [0.5, 0.6) is 0 Å². The largest absolute Gasteiger partial charge is 0.367 e. The van der Waals surface area contributed by atoms with Crippen LogP contribution in [0.3, 0.4) is 0 Å². The Morgan fingerprint density at radius 2 is 1.40 bits per heavy atom. The maximum Gasteiger partial charge on any atom is 0.273 e. The zero-order valence-corrected chi connectivity index (χ0v) is 48.5. The predicted molar refractivity (Wildman–Crippen MR) is 318 cm³/mol. The molecule has 18 nitrogen and oxygen atoms in total. The number of carbonyl (C=O) groups excluding carboxylic acids is 7. The number of amides is 7. The van der Waals surface area contributed by atoms with Crippen molar-refractivity contribution in [2.45, 2.75) is 95.8 Å². The monoisotopic (exact) mass is 1160 g/mol. The van der Waals surface area contributed by atoms with Crippen molar-refractivity contribution >= 4 is 69.6 Å². The maximum absolute atomic E-state index is 13.8. The number of hydrogen-bond acceptors (Lipinski definition) is 12. The average Bonchev–Trinajstić information content (AvgIpc) is 4.32. The fraction of sp³-hybridized carbons (Fsp3) is 0.397. The molecule has 5 fully saturated rings. The Morgan fingerprint density at radius 1 is 0.759 bits per heavy atom. The highest BCUT2D eigenvalue weighted by molar-refractivity contribution is 7.82. The van der Waals surface area contributed by atoms with Crippen LogP contribution >= 0.6 is 11.6 Å². The molecule has 4 unspecified atom stereocenters. The summed E-state index contributed by atoms with van der Waals surface area (Å²) in [6.07, 6.45) is 6.37. The van der Waals surface area contributed by atoms with Gasteiger partial charge in [-0.2, -0.15) is 0 Å². The number of hydrogen-bond donors (Lipinski definition) is 3. The smallest absolute Gasteiger partial charge is 0.273 e. The topological polar surface area (TPSA) is 215 Å². The lowest BCUT2D eigenvalue weighted by atomic mass is 9.99. The van der Waals surface area contributed by atoms with Gasteiger partial charge in [0, 0.05) is 96.9 Å². The number of aromatic nitrogens is 1. The number of nitrogens with zero attached hydrogens (tertiary/aromatic N) is 6. The minimum absolute atomic E-state index is 0.0218. The molecule has 7 heterocycles. The number of piperazine rings is 1. The SMILES string of the molecule is C=C.CC.O=C1CCC(N2C(=O)c3cccc(N4CCN(C(=O)c5ccc(C#Cc6ccc(C(=O)NCCCN7CCC(CS(=O)N8C9CC[C@@H]8CC(NC(=O)c8cc(-c%10ccccc%10Cl)on8)C9)CC7)cc6)cc5)CC4)c3C2=O)C(=O)N1. The molecular formula is C63H70ClN9O9S. The van der Waals surface area contributed by atoms with E-state index < -0.39 is 40.7 Å². The van der Waals surface area contributed by atoms with Gasteiger partial charge in [-0.1, -0.05) is 60.6 Å². The first-order chi connectivity index (χ1) is 40.3. The third-order valence-corrected chi connectivity index (χ3v) is 18.3. The lowest BCUT2D eigenvalue weighted by Gasteiger charge is -2.39. The van der Waals surface area contributed by atoms with Crippen molar-refractivity contribution in [1.82, 2.24) is 40.1 Å². The lowest BCUT2D eigenvalue weighted by molar-refractivity contribution is -0.136. The molecule has 2 bridgehead atoms. The van der Waals surface area contributed by atoms with Gasteiger partial charge in [-0.3, -0.25) is 43.8 Å². The second-order valence-electron chi connectivity index (χ2n) is 21.2. The van der Waals surface area contributed by atoms with E-state index in [0.717, 1.165) is 80.6 Å². The van der Waals surface area contributed by atoms with Crippen molar-refractivity contribution in [3.05, 3.63) is 154 Å². The van der Waals surface area contributed by atoms with Gasteiger partial charge in [0.2, 0.25) is 11.8 Å². The molecule has 83 heavy (non-hydrogen) atoms. The molecule has 6 aliphatic heterocycles. The molecule has 0 spiro atoms. The minimum atomic E-state index is -1.08. The quantitative estimate of drug-likeness (QED) is 0.0427. The minimum Gasteiger partial charge on any atom is -0.367 e. The number of fused-ring (bicyclic) bond motifs is 3. The summed E-state index contributed by atoms with van der Waals surface area (Å²) in [4.78, 5) is 98.1. The van der Waals surface area contributed by atoms with Gasteiger partial charge in [-0.15, -0.1) is 13.2 Å².